The van der Waals surface area contributed by atoms with Crippen LogP contribution < -0.4 is 10.7 Å². The lowest BCUT2D eigenvalue weighted by atomic mass is 10.1. The van der Waals surface area contributed by atoms with E-state index in [-0.39, 0.29) is 0 Å². The Kier molecular flexibility index (Phi) is 2.69. The Labute approximate surface area is 117 Å². The lowest BCUT2D eigenvalue weighted by molar-refractivity contribution is 0.645. The predicted octanol–water partition coefficient (Wildman–Crippen LogP) is 1.69. The molecule has 2 N–H and O–H groups in total. The van der Waals surface area contributed by atoms with E-state index in [1.165, 1.54) is 16.6 Å². The summed E-state index contributed by atoms with van der Waals surface area (Å²) in [7, 11) is 0. The van der Waals surface area contributed by atoms with Crippen LogP contribution >= 0.6 is 0 Å². The van der Waals surface area contributed by atoms with E-state index < -0.39 is 0 Å². The second kappa shape index (κ2) is 4.67. The normalized spacial score (nSPS) is 19.8. The minimum Gasteiger partial charge on any atom is -0.353 e. The zero-order chi connectivity index (χ0) is 13.4. The van der Waals surface area contributed by atoms with E-state index in [0.29, 0.717) is 0 Å². The molecule has 0 unspecified atom stereocenters. The Morgan fingerprint density at radius 1 is 1.30 bits per heavy atom. The van der Waals surface area contributed by atoms with Gasteiger partial charge >= 0.3 is 0 Å². The molecule has 2 aliphatic heterocycles. The van der Waals surface area contributed by atoms with Crippen molar-refractivity contribution >= 4 is 22.6 Å². The van der Waals surface area contributed by atoms with Crippen LogP contribution in [-0.4, -0.2) is 29.3 Å². The third kappa shape index (κ3) is 1.86. The maximum absolute atomic E-state index is 4.55. The molecule has 0 saturated heterocycles. The van der Waals surface area contributed by atoms with Gasteiger partial charge in [-0.2, -0.15) is 5.10 Å². The molecule has 0 bridgehead atoms. The number of aryl methyl sites for hydroxylation is 1. The van der Waals surface area contributed by atoms with Crippen molar-refractivity contribution in [3.63, 3.8) is 0 Å². The molecule has 4 rings (SSSR count). The number of nitrogens with zero attached hydrogens (tertiary/aromatic N) is 3. The van der Waals surface area contributed by atoms with Gasteiger partial charge < -0.3 is 9.88 Å². The Bertz CT molecular complexity index is 710. The number of fused-ring (bicyclic) bond motifs is 3. The van der Waals surface area contributed by atoms with E-state index >= 15 is 0 Å². The van der Waals surface area contributed by atoms with E-state index in [0.717, 1.165) is 44.1 Å². The third-order valence-electron chi connectivity index (χ3n) is 3.87. The van der Waals surface area contributed by atoms with Gasteiger partial charge in [0.05, 0.1) is 18.0 Å². The molecule has 2 aliphatic rings. The smallest absolute Gasteiger partial charge is 0.212 e. The van der Waals surface area contributed by atoms with Gasteiger partial charge in [-0.05, 0) is 25.0 Å². The number of nitrogens with one attached hydrogen (secondary N) is 2. The fourth-order valence-corrected chi connectivity index (χ4v) is 2.93. The highest BCUT2D eigenvalue weighted by Gasteiger charge is 2.18. The first-order valence-electron chi connectivity index (χ1n) is 7.11. The molecule has 0 saturated carbocycles. The molecule has 5 nitrogen and oxygen atoms in total. The molecule has 1 aromatic heterocycles. The summed E-state index contributed by atoms with van der Waals surface area (Å²) in [6.45, 7) is 2.79. The van der Waals surface area contributed by atoms with Crippen LogP contribution in [0.1, 0.15) is 18.5 Å². The van der Waals surface area contributed by atoms with Crippen LogP contribution in [0, 0.1) is 0 Å². The van der Waals surface area contributed by atoms with Crippen LogP contribution in [0.2, 0.25) is 0 Å². The second-order valence-electron chi connectivity index (χ2n) is 5.17. The topological polar surface area (TPSA) is 53.7 Å². The van der Waals surface area contributed by atoms with Crippen molar-refractivity contribution in [3.8, 4) is 0 Å². The summed E-state index contributed by atoms with van der Waals surface area (Å²) in [5.41, 5.74) is 6.69. The number of hydrazone groups is 1. The summed E-state index contributed by atoms with van der Waals surface area (Å²) in [5, 5.41) is 9.01. The minimum absolute atomic E-state index is 0.783. The number of benzene rings is 1. The Hall–Kier alpha value is -2.30. The Morgan fingerprint density at radius 2 is 2.25 bits per heavy atom. The lowest BCUT2D eigenvalue weighted by Gasteiger charge is -2.18. The summed E-state index contributed by atoms with van der Waals surface area (Å²) in [6.07, 6.45) is 2.14. The second-order valence-corrected chi connectivity index (χ2v) is 5.17. The Morgan fingerprint density at radius 3 is 3.15 bits per heavy atom. The summed E-state index contributed by atoms with van der Waals surface area (Å²) >= 11 is 0. The molecule has 1 aromatic carbocycles. The van der Waals surface area contributed by atoms with E-state index in [1.807, 2.05) is 0 Å². The average molecular weight is 267 g/mol. The molecule has 0 radical (unpaired) electrons. The average Bonchev–Trinajstić information content (AvgIpc) is 3.12. The number of para-hydroxylation sites is 1. The molecule has 3 heterocycles. The van der Waals surface area contributed by atoms with Gasteiger partial charge in [0, 0.05) is 24.0 Å². The molecule has 102 valence electrons. The highest BCUT2D eigenvalue weighted by molar-refractivity contribution is 6.04. The molecule has 0 spiro atoms. The monoisotopic (exact) mass is 267 g/mol. The first kappa shape index (κ1) is 11.5. The van der Waals surface area contributed by atoms with Crippen molar-refractivity contribution < 1.29 is 0 Å². The summed E-state index contributed by atoms with van der Waals surface area (Å²) < 4.78 is 2.36. The van der Waals surface area contributed by atoms with E-state index in [1.54, 1.807) is 0 Å². The quantitative estimate of drug-likeness (QED) is 0.773. The molecule has 0 fully saturated rings. The van der Waals surface area contributed by atoms with E-state index in [2.05, 4.69) is 55.7 Å². The van der Waals surface area contributed by atoms with Crippen molar-refractivity contribution in [2.45, 2.75) is 19.4 Å². The largest absolute Gasteiger partial charge is 0.353 e. The minimum atomic E-state index is 0.783. The van der Waals surface area contributed by atoms with Gasteiger partial charge in [0.25, 0.3) is 0 Å². The van der Waals surface area contributed by atoms with Crippen LogP contribution in [-0.2, 0) is 6.54 Å². The SMILES string of the molecule is c1ccc2c(c1)cc1n2CCC/C1=N\NC1=NCCN1. The maximum atomic E-state index is 4.55. The maximum Gasteiger partial charge on any atom is 0.212 e. The number of guanidine groups is 1. The first-order chi connectivity index (χ1) is 9.92. The molecule has 0 aliphatic carbocycles. The van der Waals surface area contributed by atoms with E-state index in [4.69, 9.17) is 0 Å². The number of hydrogen-bond acceptors (Lipinski definition) is 4. The van der Waals surface area contributed by atoms with Gasteiger partial charge in [0.15, 0.2) is 0 Å². The van der Waals surface area contributed by atoms with Crippen molar-refractivity contribution in [2.24, 2.45) is 10.1 Å². The molecule has 0 atom stereocenters. The molecule has 0 amide bonds. The molecular weight excluding hydrogens is 250 g/mol. The lowest BCUT2D eigenvalue weighted by Crippen LogP contribution is -2.31. The number of aliphatic imine (C=N–C) groups is 1. The zero-order valence-corrected chi connectivity index (χ0v) is 11.3. The summed E-state index contributed by atoms with van der Waals surface area (Å²) in [5.74, 6) is 0.783. The molecule has 5 heteroatoms. The van der Waals surface area contributed by atoms with Crippen LogP contribution in [0.5, 0.6) is 0 Å². The van der Waals surface area contributed by atoms with Crippen LogP contribution in [0.3, 0.4) is 0 Å². The van der Waals surface area contributed by atoms with Crippen molar-refractivity contribution in [3.05, 3.63) is 36.0 Å². The standard InChI is InChI=1S/C15H17N5/c1-2-6-13-11(4-1)10-14-12(5-3-9-20(13)14)18-19-15-16-7-8-17-15/h1-2,4,6,10H,3,5,7-9H2,(H2,16,17,19)/b18-12+. The molecule has 20 heavy (non-hydrogen) atoms. The molecule has 2 aromatic rings. The number of aromatic nitrogens is 1. The van der Waals surface area contributed by atoms with Crippen LogP contribution in [0.25, 0.3) is 10.9 Å². The van der Waals surface area contributed by atoms with Crippen molar-refractivity contribution in [1.82, 2.24) is 15.3 Å². The van der Waals surface area contributed by atoms with Crippen LogP contribution in [0.15, 0.2) is 40.4 Å². The van der Waals surface area contributed by atoms with Gasteiger partial charge in [-0.1, -0.05) is 18.2 Å². The fourth-order valence-electron chi connectivity index (χ4n) is 2.93. The number of rotatable bonds is 1. The molecular formula is C15H17N5. The van der Waals surface area contributed by atoms with Gasteiger partial charge in [-0.15, -0.1) is 0 Å². The predicted molar refractivity (Wildman–Crippen MR) is 81.1 cm³/mol. The van der Waals surface area contributed by atoms with Gasteiger partial charge in [-0.3, -0.25) is 0 Å². The van der Waals surface area contributed by atoms with Gasteiger partial charge in [0.2, 0.25) is 5.96 Å². The van der Waals surface area contributed by atoms with Gasteiger partial charge in [0.1, 0.15) is 0 Å². The van der Waals surface area contributed by atoms with Crippen molar-refractivity contribution in [2.75, 3.05) is 13.1 Å². The highest BCUT2D eigenvalue weighted by atomic mass is 15.4. The third-order valence-corrected chi connectivity index (χ3v) is 3.87. The summed E-state index contributed by atoms with van der Waals surface area (Å²) in [6, 6.07) is 10.8. The first-order valence-corrected chi connectivity index (χ1v) is 7.11. The van der Waals surface area contributed by atoms with E-state index in [9.17, 15) is 0 Å². The fraction of sp³-hybridized carbons (Fsp3) is 0.333. The van der Waals surface area contributed by atoms with Crippen molar-refractivity contribution in [1.29, 1.82) is 0 Å². The summed E-state index contributed by atoms with van der Waals surface area (Å²) in [4.78, 5) is 4.30. The van der Waals surface area contributed by atoms with Crippen LogP contribution in [0.4, 0.5) is 0 Å². The number of hydrogen-bond donors (Lipinski definition) is 2. The highest BCUT2D eigenvalue weighted by Crippen LogP contribution is 2.25. The zero-order valence-electron chi connectivity index (χ0n) is 11.3. The van der Waals surface area contributed by atoms with Gasteiger partial charge in [-0.25, -0.2) is 10.4 Å². The Balaban J connectivity index is 1.72.